The predicted molar refractivity (Wildman–Crippen MR) is 91.6 cm³/mol. The minimum atomic E-state index is -0.865. The largest absolute Gasteiger partial charge is 0.488 e. The van der Waals surface area contributed by atoms with Crippen LogP contribution in [-0.2, 0) is 20.9 Å². The lowest BCUT2D eigenvalue weighted by Crippen LogP contribution is -2.36. The van der Waals surface area contributed by atoms with Gasteiger partial charge in [0.25, 0.3) is 5.91 Å². The van der Waals surface area contributed by atoms with Crippen molar-refractivity contribution in [2.24, 2.45) is 0 Å². The summed E-state index contributed by atoms with van der Waals surface area (Å²) in [6.45, 7) is 2.12. The highest BCUT2D eigenvalue weighted by Crippen LogP contribution is 2.26. The van der Waals surface area contributed by atoms with E-state index >= 15 is 0 Å². The van der Waals surface area contributed by atoms with Crippen molar-refractivity contribution in [1.82, 2.24) is 5.32 Å². The second-order valence-electron chi connectivity index (χ2n) is 5.34. The van der Waals surface area contributed by atoms with Gasteiger partial charge in [0.1, 0.15) is 12.4 Å². The van der Waals surface area contributed by atoms with Crippen LogP contribution in [0.5, 0.6) is 5.75 Å². The van der Waals surface area contributed by atoms with Crippen molar-refractivity contribution in [3.63, 3.8) is 0 Å². The van der Waals surface area contributed by atoms with Crippen LogP contribution in [-0.4, -0.2) is 24.6 Å². The molecule has 1 aliphatic rings. The van der Waals surface area contributed by atoms with Gasteiger partial charge in [-0.1, -0.05) is 24.3 Å². The highest BCUT2D eigenvalue weighted by Gasteiger charge is 2.23. The van der Waals surface area contributed by atoms with Gasteiger partial charge in [-0.2, -0.15) is 0 Å². The number of hydrogen-bond donors (Lipinski definition) is 1. The van der Waals surface area contributed by atoms with Crippen LogP contribution in [0.1, 0.15) is 17.4 Å². The molecule has 124 valence electrons. The van der Waals surface area contributed by atoms with Crippen molar-refractivity contribution < 1.29 is 19.1 Å². The average Bonchev–Trinajstić information content (AvgIpc) is 3.12. The first-order chi connectivity index (χ1) is 11.6. The van der Waals surface area contributed by atoms with Crippen molar-refractivity contribution in [1.29, 1.82) is 0 Å². The van der Waals surface area contributed by atoms with E-state index < -0.39 is 12.1 Å². The van der Waals surface area contributed by atoms with E-state index in [9.17, 15) is 9.59 Å². The maximum Gasteiger partial charge on any atom is 0.338 e. The Hall–Kier alpha value is -2.60. The van der Waals surface area contributed by atoms with Crippen LogP contribution in [0.3, 0.4) is 0 Å². The van der Waals surface area contributed by atoms with Gasteiger partial charge in [0.2, 0.25) is 0 Å². The van der Waals surface area contributed by atoms with Crippen molar-refractivity contribution >= 4 is 29.3 Å². The topological polar surface area (TPSA) is 64.6 Å². The minimum Gasteiger partial charge on any atom is -0.488 e. The normalized spacial score (nSPS) is 14.0. The summed E-state index contributed by atoms with van der Waals surface area (Å²) in [5, 5.41) is 4.70. The molecule has 0 spiro atoms. The molecular weight excluding hydrogens is 326 g/mol. The van der Waals surface area contributed by atoms with Crippen LogP contribution in [0, 0.1) is 0 Å². The summed E-state index contributed by atoms with van der Waals surface area (Å²) in [6.07, 6.45) is 0.868. The summed E-state index contributed by atoms with van der Waals surface area (Å²) in [4.78, 5) is 25.3. The van der Waals surface area contributed by atoms with Crippen LogP contribution in [0.4, 0.5) is 0 Å². The molecular formula is C18H17NO4S. The monoisotopic (exact) mass is 343 g/mol. The zero-order valence-corrected chi connectivity index (χ0v) is 14.0. The SMILES string of the molecule is CC(OC(=O)C1=Cc2ccccc2OC1)C(=O)NCc1cccs1. The third kappa shape index (κ3) is 3.83. The van der Waals surface area contributed by atoms with E-state index in [1.807, 2.05) is 41.8 Å². The van der Waals surface area contributed by atoms with Crippen molar-refractivity contribution in [2.45, 2.75) is 19.6 Å². The first-order valence-corrected chi connectivity index (χ1v) is 8.45. The number of esters is 1. The van der Waals surface area contributed by atoms with Crippen LogP contribution in [0.2, 0.25) is 0 Å². The smallest absolute Gasteiger partial charge is 0.338 e. The zero-order valence-electron chi connectivity index (χ0n) is 13.2. The molecule has 1 aliphatic heterocycles. The Bertz CT molecular complexity index is 767. The van der Waals surface area contributed by atoms with Gasteiger partial charge in [0.15, 0.2) is 6.10 Å². The summed E-state index contributed by atoms with van der Waals surface area (Å²) < 4.78 is 10.8. The molecule has 1 aromatic carbocycles. The molecule has 5 nitrogen and oxygen atoms in total. The number of amides is 1. The van der Waals surface area contributed by atoms with E-state index in [-0.39, 0.29) is 12.5 Å². The van der Waals surface area contributed by atoms with Gasteiger partial charge in [-0.25, -0.2) is 4.79 Å². The molecule has 1 N–H and O–H groups in total. The third-order valence-electron chi connectivity index (χ3n) is 3.56. The number of thiophene rings is 1. The highest BCUT2D eigenvalue weighted by atomic mass is 32.1. The van der Waals surface area contributed by atoms with E-state index in [1.54, 1.807) is 24.3 Å². The average molecular weight is 343 g/mol. The van der Waals surface area contributed by atoms with Crippen LogP contribution in [0.25, 0.3) is 6.08 Å². The van der Waals surface area contributed by atoms with Gasteiger partial charge in [0.05, 0.1) is 12.1 Å². The maximum absolute atomic E-state index is 12.2. The van der Waals surface area contributed by atoms with E-state index in [0.29, 0.717) is 12.1 Å². The molecule has 1 unspecified atom stereocenters. The van der Waals surface area contributed by atoms with Crippen molar-refractivity contribution in [3.05, 3.63) is 57.8 Å². The lowest BCUT2D eigenvalue weighted by Gasteiger charge is -2.19. The summed E-state index contributed by atoms with van der Waals surface area (Å²) in [5.74, 6) is -0.131. The molecule has 6 heteroatoms. The second kappa shape index (κ2) is 7.31. The Balaban J connectivity index is 1.56. The highest BCUT2D eigenvalue weighted by molar-refractivity contribution is 7.09. The van der Waals surface area contributed by atoms with Crippen LogP contribution in [0.15, 0.2) is 47.4 Å². The minimum absolute atomic E-state index is 0.138. The number of ether oxygens (including phenoxy) is 2. The Morgan fingerprint density at radius 2 is 2.12 bits per heavy atom. The number of hydrogen-bond acceptors (Lipinski definition) is 5. The summed E-state index contributed by atoms with van der Waals surface area (Å²) >= 11 is 1.56. The molecule has 2 heterocycles. The number of para-hydroxylation sites is 1. The van der Waals surface area contributed by atoms with E-state index in [0.717, 1.165) is 16.2 Å². The summed E-state index contributed by atoms with van der Waals surface area (Å²) in [7, 11) is 0. The number of carbonyl (C=O) groups excluding carboxylic acids is 2. The molecule has 0 saturated heterocycles. The van der Waals surface area contributed by atoms with Gasteiger partial charge < -0.3 is 14.8 Å². The molecule has 1 aromatic heterocycles. The van der Waals surface area contributed by atoms with Crippen molar-refractivity contribution in [2.75, 3.05) is 6.61 Å². The first-order valence-electron chi connectivity index (χ1n) is 7.57. The molecule has 0 aliphatic carbocycles. The Kier molecular flexibility index (Phi) is 4.96. The second-order valence-corrected chi connectivity index (χ2v) is 6.37. The molecule has 1 amide bonds. The number of rotatable bonds is 5. The third-order valence-corrected chi connectivity index (χ3v) is 4.44. The molecule has 0 bridgehead atoms. The van der Waals surface area contributed by atoms with Crippen molar-refractivity contribution in [3.8, 4) is 5.75 Å². The zero-order chi connectivity index (χ0) is 16.9. The maximum atomic E-state index is 12.2. The van der Waals surface area contributed by atoms with E-state index in [1.165, 1.54) is 0 Å². The molecule has 0 fully saturated rings. The van der Waals surface area contributed by atoms with Gasteiger partial charge in [-0.15, -0.1) is 11.3 Å². The lowest BCUT2D eigenvalue weighted by molar-refractivity contribution is -0.151. The number of carbonyl (C=O) groups is 2. The molecule has 2 aromatic rings. The Morgan fingerprint density at radius 1 is 1.29 bits per heavy atom. The van der Waals surface area contributed by atoms with Gasteiger partial charge in [0, 0.05) is 10.4 Å². The molecule has 24 heavy (non-hydrogen) atoms. The van der Waals surface area contributed by atoms with Gasteiger partial charge in [-0.05, 0) is 30.5 Å². The van der Waals surface area contributed by atoms with E-state index in [4.69, 9.17) is 9.47 Å². The first kappa shape index (κ1) is 16.3. The molecule has 0 radical (unpaired) electrons. The number of fused-ring (bicyclic) bond motifs is 1. The number of benzene rings is 1. The fraction of sp³-hybridized carbons (Fsp3) is 0.222. The fourth-order valence-electron chi connectivity index (χ4n) is 2.25. The number of nitrogens with one attached hydrogen (secondary N) is 1. The Morgan fingerprint density at radius 3 is 2.92 bits per heavy atom. The standard InChI is InChI=1S/C18H17NO4S/c1-12(17(20)19-10-15-6-4-8-24-15)23-18(21)14-9-13-5-2-3-7-16(13)22-11-14/h2-9,12H,10-11H2,1H3,(H,19,20). The van der Waals surface area contributed by atoms with E-state index in [2.05, 4.69) is 5.32 Å². The van der Waals surface area contributed by atoms with Gasteiger partial charge >= 0.3 is 5.97 Å². The lowest BCUT2D eigenvalue weighted by atomic mass is 10.1. The predicted octanol–water partition coefficient (Wildman–Crippen LogP) is 2.77. The summed E-state index contributed by atoms with van der Waals surface area (Å²) in [5.41, 5.74) is 1.22. The molecule has 3 rings (SSSR count). The molecule has 0 saturated carbocycles. The summed E-state index contributed by atoms with van der Waals surface area (Å²) in [6, 6.07) is 11.3. The molecule has 1 atom stereocenters. The van der Waals surface area contributed by atoms with Crippen LogP contribution >= 0.6 is 11.3 Å². The fourth-order valence-corrected chi connectivity index (χ4v) is 2.90. The quantitative estimate of drug-likeness (QED) is 0.848. The Labute approximate surface area is 143 Å². The van der Waals surface area contributed by atoms with Crippen LogP contribution < -0.4 is 10.1 Å². The van der Waals surface area contributed by atoms with Gasteiger partial charge in [-0.3, -0.25) is 4.79 Å².